The first-order valence-electron chi connectivity index (χ1n) is 7.35. The standard InChI is InChI=1S/C15H25N3O3S/c1-9(2)18(10(3)4)13(19)7-21-14(20)8-22-15-11(5)16-17-12(15)6/h9-10H,7-8H2,1-6H3,(H,16,17). The molecule has 0 spiro atoms. The number of esters is 1. The van der Waals surface area contributed by atoms with Crippen molar-refractivity contribution in [2.75, 3.05) is 12.4 Å². The van der Waals surface area contributed by atoms with Crippen molar-refractivity contribution in [1.29, 1.82) is 0 Å². The fraction of sp³-hybridized carbons (Fsp3) is 0.667. The van der Waals surface area contributed by atoms with E-state index in [4.69, 9.17) is 4.74 Å². The monoisotopic (exact) mass is 327 g/mol. The molecule has 0 saturated heterocycles. The number of thioether (sulfide) groups is 1. The molecule has 1 heterocycles. The van der Waals surface area contributed by atoms with E-state index >= 15 is 0 Å². The third-order valence-corrected chi connectivity index (χ3v) is 4.42. The minimum Gasteiger partial charge on any atom is -0.455 e. The van der Waals surface area contributed by atoms with Crippen LogP contribution in [-0.4, -0.2) is 51.4 Å². The highest BCUT2D eigenvalue weighted by atomic mass is 32.2. The van der Waals surface area contributed by atoms with Gasteiger partial charge in [0.25, 0.3) is 5.91 Å². The van der Waals surface area contributed by atoms with Gasteiger partial charge in [-0.1, -0.05) is 0 Å². The van der Waals surface area contributed by atoms with Crippen LogP contribution in [0.5, 0.6) is 0 Å². The summed E-state index contributed by atoms with van der Waals surface area (Å²) in [6.07, 6.45) is 0. The second-order valence-electron chi connectivity index (χ2n) is 5.70. The van der Waals surface area contributed by atoms with Crippen LogP contribution < -0.4 is 0 Å². The number of hydrogen-bond acceptors (Lipinski definition) is 5. The summed E-state index contributed by atoms with van der Waals surface area (Å²) >= 11 is 1.37. The molecular formula is C15H25N3O3S. The second-order valence-corrected chi connectivity index (χ2v) is 6.69. The van der Waals surface area contributed by atoms with Crippen molar-refractivity contribution in [2.45, 2.75) is 58.5 Å². The van der Waals surface area contributed by atoms with Crippen LogP contribution in [0.4, 0.5) is 0 Å². The average molecular weight is 327 g/mol. The highest BCUT2D eigenvalue weighted by Crippen LogP contribution is 2.23. The molecule has 0 saturated carbocycles. The van der Waals surface area contributed by atoms with Crippen LogP contribution in [0, 0.1) is 13.8 Å². The highest BCUT2D eigenvalue weighted by Gasteiger charge is 2.21. The van der Waals surface area contributed by atoms with E-state index in [1.54, 1.807) is 4.90 Å². The van der Waals surface area contributed by atoms with E-state index in [-0.39, 0.29) is 30.4 Å². The number of ether oxygens (including phenoxy) is 1. The Labute approximate surface area is 136 Å². The number of amides is 1. The van der Waals surface area contributed by atoms with Gasteiger partial charge in [0.1, 0.15) is 0 Å². The summed E-state index contributed by atoms with van der Waals surface area (Å²) in [4.78, 5) is 26.5. The number of H-pyrrole nitrogens is 1. The Morgan fingerprint density at radius 3 is 2.27 bits per heavy atom. The topological polar surface area (TPSA) is 75.3 Å². The van der Waals surface area contributed by atoms with Crippen molar-refractivity contribution in [2.24, 2.45) is 0 Å². The molecule has 7 heteroatoms. The lowest BCUT2D eigenvalue weighted by Gasteiger charge is -2.30. The van der Waals surface area contributed by atoms with Crippen LogP contribution in [0.1, 0.15) is 39.1 Å². The normalized spacial score (nSPS) is 11.1. The van der Waals surface area contributed by atoms with Gasteiger partial charge in [-0.05, 0) is 41.5 Å². The molecule has 0 unspecified atom stereocenters. The van der Waals surface area contributed by atoms with E-state index in [0.29, 0.717) is 0 Å². The molecule has 1 aromatic rings. The molecule has 1 aromatic heterocycles. The number of carbonyl (C=O) groups is 2. The number of aromatic nitrogens is 2. The Kier molecular flexibility index (Phi) is 6.93. The van der Waals surface area contributed by atoms with Crippen molar-refractivity contribution in [1.82, 2.24) is 15.1 Å². The number of hydrogen-bond donors (Lipinski definition) is 1. The maximum Gasteiger partial charge on any atom is 0.316 e. The minimum atomic E-state index is -0.397. The van der Waals surface area contributed by atoms with Crippen LogP contribution in [0.25, 0.3) is 0 Å². The Bertz CT molecular complexity index is 499. The number of carbonyl (C=O) groups excluding carboxylic acids is 2. The Morgan fingerprint density at radius 1 is 1.23 bits per heavy atom. The molecule has 0 radical (unpaired) electrons. The molecule has 1 amide bonds. The van der Waals surface area contributed by atoms with E-state index in [2.05, 4.69) is 10.2 Å². The van der Waals surface area contributed by atoms with Crippen LogP contribution in [0.2, 0.25) is 0 Å². The van der Waals surface area contributed by atoms with Gasteiger partial charge in [0.15, 0.2) is 6.61 Å². The molecule has 0 aromatic carbocycles. The van der Waals surface area contributed by atoms with Gasteiger partial charge in [-0.15, -0.1) is 11.8 Å². The first-order chi connectivity index (χ1) is 10.2. The fourth-order valence-corrected chi connectivity index (χ4v) is 3.18. The maximum absolute atomic E-state index is 12.1. The maximum atomic E-state index is 12.1. The zero-order valence-corrected chi connectivity index (χ0v) is 14.9. The van der Waals surface area contributed by atoms with E-state index in [1.807, 2.05) is 41.5 Å². The predicted molar refractivity (Wildman–Crippen MR) is 86.9 cm³/mol. The molecule has 124 valence electrons. The first kappa shape index (κ1) is 18.5. The van der Waals surface area contributed by atoms with Gasteiger partial charge in [-0.2, -0.15) is 5.10 Å². The number of nitrogens with one attached hydrogen (secondary N) is 1. The predicted octanol–water partition coefficient (Wildman–Crippen LogP) is 2.31. The lowest BCUT2D eigenvalue weighted by Crippen LogP contribution is -2.44. The van der Waals surface area contributed by atoms with Gasteiger partial charge in [0.2, 0.25) is 0 Å². The zero-order chi connectivity index (χ0) is 16.9. The molecule has 6 nitrogen and oxygen atoms in total. The van der Waals surface area contributed by atoms with Crippen LogP contribution in [-0.2, 0) is 14.3 Å². The van der Waals surface area contributed by atoms with Crippen molar-refractivity contribution < 1.29 is 14.3 Å². The van der Waals surface area contributed by atoms with Crippen molar-refractivity contribution in [3.05, 3.63) is 11.4 Å². The summed E-state index contributed by atoms with van der Waals surface area (Å²) in [5.74, 6) is -0.400. The lowest BCUT2D eigenvalue weighted by molar-refractivity contribution is -0.151. The number of rotatable bonds is 7. The van der Waals surface area contributed by atoms with Crippen molar-refractivity contribution >= 4 is 23.6 Å². The molecule has 22 heavy (non-hydrogen) atoms. The van der Waals surface area contributed by atoms with E-state index in [1.165, 1.54) is 11.8 Å². The summed E-state index contributed by atoms with van der Waals surface area (Å²) in [6, 6.07) is 0.161. The highest BCUT2D eigenvalue weighted by molar-refractivity contribution is 8.00. The molecule has 0 aliphatic carbocycles. The summed E-state index contributed by atoms with van der Waals surface area (Å²) in [7, 11) is 0. The Hall–Kier alpha value is -1.50. The Balaban J connectivity index is 2.44. The molecule has 0 bridgehead atoms. The summed E-state index contributed by atoms with van der Waals surface area (Å²) < 4.78 is 5.08. The Morgan fingerprint density at radius 2 is 1.82 bits per heavy atom. The van der Waals surface area contributed by atoms with Crippen molar-refractivity contribution in [3.63, 3.8) is 0 Å². The van der Waals surface area contributed by atoms with Gasteiger partial charge >= 0.3 is 5.97 Å². The largest absolute Gasteiger partial charge is 0.455 e. The summed E-state index contributed by atoms with van der Waals surface area (Å²) in [5, 5.41) is 6.94. The molecule has 1 rings (SSSR count). The summed E-state index contributed by atoms with van der Waals surface area (Å²) in [6.45, 7) is 11.4. The van der Waals surface area contributed by atoms with Crippen LogP contribution >= 0.6 is 11.8 Å². The SMILES string of the molecule is Cc1n[nH]c(C)c1SCC(=O)OCC(=O)N(C(C)C)C(C)C. The lowest BCUT2D eigenvalue weighted by atomic mass is 10.2. The summed E-state index contributed by atoms with van der Waals surface area (Å²) in [5.41, 5.74) is 1.79. The minimum absolute atomic E-state index is 0.0804. The molecule has 0 aliphatic heterocycles. The third-order valence-electron chi connectivity index (χ3n) is 3.15. The van der Waals surface area contributed by atoms with Crippen molar-refractivity contribution in [3.8, 4) is 0 Å². The average Bonchev–Trinajstić information content (AvgIpc) is 2.72. The number of aryl methyl sites for hydroxylation is 2. The van der Waals surface area contributed by atoms with Gasteiger partial charge < -0.3 is 9.64 Å². The number of nitrogens with zero attached hydrogens (tertiary/aromatic N) is 2. The third kappa shape index (κ3) is 5.05. The smallest absolute Gasteiger partial charge is 0.316 e. The second kappa shape index (κ2) is 8.22. The van der Waals surface area contributed by atoms with Gasteiger partial charge in [0, 0.05) is 17.8 Å². The number of aromatic amines is 1. The van der Waals surface area contributed by atoms with Crippen LogP contribution in [0.15, 0.2) is 4.90 Å². The van der Waals surface area contributed by atoms with Gasteiger partial charge in [-0.25, -0.2) is 0 Å². The van der Waals surface area contributed by atoms with E-state index in [0.717, 1.165) is 16.3 Å². The first-order valence-corrected chi connectivity index (χ1v) is 8.33. The van der Waals surface area contributed by atoms with E-state index in [9.17, 15) is 9.59 Å². The molecule has 1 N–H and O–H groups in total. The molecular weight excluding hydrogens is 302 g/mol. The molecule has 0 fully saturated rings. The quantitative estimate of drug-likeness (QED) is 0.614. The van der Waals surface area contributed by atoms with E-state index < -0.39 is 5.97 Å². The molecule has 0 atom stereocenters. The van der Waals surface area contributed by atoms with Gasteiger partial charge in [-0.3, -0.25) is 14.7 Å². The zero-order valence-electron chi connectivity index (χ0n) is 14.1. The fourth-order valence-electron chi connectivity index (χ4n) is 2.32. The van der Waals surface area contributed by atoms with Gasteiger partial charge in [0.05, 0.1) is 16.3 Å². The molecule has 0 aliphatic rings. The van der Waals surface area contributed by atoms with Crippen LogP contribution in [0.3, 0.4) is 0 Å².